The molecule has 1 saturated carbocycles. The van der Waals surface area contributed by atoms with Crippen molar-refractivity contribution < 1.29 is 17.9 Å². The summed E-state index contributed by atoms with van der Waals surface area (Å²) in [4.78, 5) is 15.7. The first-order chi connectivity index (χ1) is 16.9. The molecule has 0 unspecified atom stereocenters. The summed E-state index contributed by atoms with van der Waals surface area (Å²) in [5, 5.41) is 3.17. The number of sulfonamides is 1. The topological polar surface area (TPSA) is 78.9 Å². The molecule has 2 aliphatic rings. The third kappa shape index (κ3) is 5.48. The molecule has 1 amide bonds. The van der Waals surface area contributed by atoms with Gasteiger partial charge in [-0.1, -0.05) is 37.8 Å². The van der Waals surface area contributed by atoms with Crippen molar-refractivity contribution in [3.63, 3.8) is 0 Å². The minimum absolute atomic E-state index is 0.0507. The number of likely N-dealkylation sites (tertiary alicyclic amines) is 1. The summed E-state index contributed by atoms with van der Waals surface area (Å²) in [6.07, 6.45) is 9.68. The van der Waals surface area contributed by atoms with Gasteiger partial charge < -0.3 is 10.1 Å². The van der Waals surface area contributed by atoms with Crippen LogP contribution in [0.25, 0.3) is 0 Å². The zero-order valence-electron chi connectivity index (χ0n) is 20.8. The fourth-order valence-electron chi connectivity index (χ4n) is 5.49. The fourth-order valence-corrected chi connectivity index (χ4v) is 6.69. The number of rotatable bonds is 8. The normalized spacial score (nSPS) is 18.6. The maximum atomic E-state index is 13.2. The summed E-state index contributed by atoms with van der Waals surface area (Å²) in [6, 6.07) is 13.1. The Kier molecular flexibility index (Phi) is 8.02. The lowest BCUT2D eigenvalue weighted by molar-refractivity contribution is 0.0326. The zero-order chi connectivity index (χ0) is 24.9. The Bertz CT molecular complexity index is 1110. The molecule has 35 heavy (non-hydrogen) atoms. The predicted octanol–water partition coefficient (Wildman–Crippen LogP) is 4.44. The van der Waals surface area contributed by atoms with E-state index < -0.39 is 10.0 Å². The predicted molar refractivity (Wildman–Crippen MR) is 139 cm³/mol. The second-order valence-electron chi connectivity index (χ2n) is 9.68. The molecule has 4 rings (SSSR count). The number of methoxy groups -OCH3 is 1. The number of piperidine rings is 1. The number of nitrogens with one attached hydrogen (secondary N) is 1. The van der Waals surface area contributed by atoms with E-state index in [0.29, 0.717) is 23.5 Å². The largest absolute Gasteiger partial charge is 0.495 e. The van der Waals surface area contributed by atoms with Crippen molar-refractivity contribution in [2.75, 3.05) is 38.1 Å². The highest BCUT2D eigenvalue weighted by Crippen LogP contribution is 2.35. The van der Waals surface area contributed by atoms with E-state index in [1.165, 1.54) is 69.1 Å². The third-order valence-corrected chi connectivity index (χ3v) is 9.37. The van der Waals surface area contributed by atoms with E-state index in [9.17, 15) is 13.2 Å². The van der Waals surface area contributed by atoms with Gasteiger partial charge >= 0.3 is 0 Å². The van der Waals surface area contributed by atoms with Gasteiger partial charge in [-0.2, -0.15) is 0 Å². The molecule has 7 nitrogen and oxygen atoms in total. The summed E-state index contributed by atoms with van der Waals surface area (Å²) >= 11 is 0. The molecular formula is C27H37N3O4S. The Labute approximate surface area is 209 Å². The summed E-state index contributed by atoms with van der Waals surface area (Å²) in [6.45, 7) is 2.87. The second kappa shape index (κ2) is 11.0. The minimum Gasteiger partial charge on any atom is -0.495 e. The summed E-state index contributed by atoms with van der Waals surface area (Å²) < 4.78 is 32.9. The number of carbonyl (C=O) groups excluding carboxylic acids is 1. The molecular weight excluding hydrogens is 462 g/mol. The number of hydrogen-bond donors (Lipinski definition) is 1. The number of carbonyl (C=O) groups is 1. The number of para-hydroxylation sites is 2. The lowest BCUT2D eigenvalue weighted by atomic mass is 9.79. The molecule has 190 valence electrons. The van der Waals surface area contributed by atoms with Gasteiger partial charge in [0.1, 0.15) is 5.75 Å². The van der Waals surface area contributed by atoms with Gasteiger partial charge in [0.15, 0.2) is 0 Å². The van der Waals surface area contributed by atoms with Gasteiger partial charge in [0.2, 0.25) is 0 Å². The quantitative estimate of drug-likeness (QED) is 0.581. The Morgan fingerprint density at radius 2 is 1.60 bits per heavy atom. The molecule has 1 N–H and O–H groups in total. The van der Waals surface area contributed by atoms with E-state index in [1.54, 1.807) is 36.4 Å². The van der Waals surface area contributed by atoms with Crippen LogP contribution in [0.1, 0.15) is 61.7 Å². The van der Waals surface area contributed by atoms with Crippen molar-refractivity contribution in [1.29, 1.82) is 0 Å². The van der Waals surface area contributed by atoms with Gasteiger partial charge in [-0.15, -0.1) is 0 Å². The van der Waals surface area contributed by atoms with E-state index in [0.717, 1.165) is 25.9 Å². The highest BCUT2D eigenvalue weighted by molar-refractivity contribution is 7.92. The van der Waals surface area contributed by atoms with Crippen molar-refractivity contribution in [3.05, 3.63) is 54.1 Å². The molecule has 0 bridgehead atoms. The van der Waals surface area contributed by atoms with Gasteiger partial charge in [-0.25, -0.2) is 8.42 Å². The lowest BCUT2D eigenvalue weighted by Crippen LogP contribution is -2.58. The summed E-state index contributed by atoms with van der Waals surface area (Å²) in [5.74, 6) is 0.314. The maximum Gasteiger partial charge on any atom is 0.264 e. The van der Waals surface area contributed by atoms with E-state index in [4.69, 9.17) is 4.74 Å². The van der Waals surface area contributed by atoms with Crippen molar-refractivity contribution in [3.8, 4) is 5.75 Å². The van der Waals surface area contributed by atoms with Crippen LogP contribution in [-0.2, 0) is 10.0 Å². The Hall–Kier alpha value is -2.58. The fraction of sp³-hybridized carbons (Fsp3) is 0.519. The van der Waals surface area contributed by atoms with E-state index in [2.05, 4.69) is 10.2 Å². The average molecular weight is 500 g/mol. The SMILES string of the molecule is COc1ccccc1N(C)S(=O)(=O)c1ccc(C(=O)NCC2(N3CCCCC3)CCCCC2)cc1. The standard InChI is InChI=1S/C27H37N3O4S/c1-29(24-11-5-6-12-25(24)34-2)35(32,33)23-15-13-22(14-16-23)26(31)28-21-27(17-7-3-8-18-27)30-19-9-4-10-20-30/h5-6,11-16H,3-4,7-10,17-21H2,1-2H3,(H,28,31). The number of anilines is 1. The summed E-state index contributed by atoms with van der Waals surface area (Å²) in [5.41, 5.74) is 0.968. The molecule has 0 spiro atoms. The van der Waals surface area contributed by atoms with Crippen molar-refractivity contribution in [2.24, 2.45) is 0 Å². The average Bonchev–Trinajstić information content (AvgIpc) is 2.92. The first-order valence-corrected chi connectivity index (χ1v) is 14.1. The van der Waals surface area contributed by atoms with Crippen LogP contribution in [0, 0.1) is 0 Å². The molecule has 1 aliphatic heterocycles. The van der Waals surface area contributed by atoms with Crippen LogP contribution in [0.15, 0.2) is 53.4 Å². The van der Waals surface area contributed by atoms with Crippen LogP contribution in [0.2, 0.25) is 0 Å². The van der Waals surface area contributed by atoms with Crippen molar-refractivity contribution in [2.45, 2.75) is 61.8 Å². The molecule has 1 heterocycles. The third-order valence-electron chi connectivity index (χ3n) is 7.59. The van der Waals surface area contributed by atoms with Gasteiger partial charge in [0.25, 0.3) is 15.9 Å². The van der Waals surface area contributed by atoms with Crippen LogP contribution >= 0.6 is 0 Å². The van der Waals surface area contributed by atoms with Crippen LogP contribution < -0.4 is 14.4 Å². The molecule has 1 saturated heterocycles. The van der Waals surface area contributed by atoms with Crippen LogP contribution in [-0.4, -0.2) is 58.6 Å². The highest BCUT2D eigenvalue weighted by Gasteiger charge is 2.38. The zero-order valence-corrected chi connectivity index (χ0v) is 21.6. The molecule has 0 aromatic heterocycles. The highest BCUT2D eigenvalue weighted by atomic mass is 32.2. The second-order valence-corrected chi connectivity index (χ2v) is 11.7. The number of hydrogen-bond acceptors (Lipinski definition) is 5. The van der Waals surface area contributed by atoms with Crippen molar-refractivity contribution in [1.82, 2.24) is 10.2 Å². The Morgan fingerprint density at radius 3 is 2.26 bits per heavy atom. The van der Waals surface area contributed by atoms with Crippen LogP contribution in [0.4, 0.5) is 5.69 Å². The monoisotopic (exact) mass is 499 g/mol. The van der Waals surface area contributed by atoms with E-state index >= 15 is 0 Å². The van der Waals surface area contributed by atoms with Gasteiger partial charge in [-0.05, 0) is 75.2 Å². The maximum absolute atomic E-state index is 13.2. The minimum atomic E-state index is -3.81. The molecule has 0 atom stereocenters. The lowest BCUT2D eigenvalue weighted by Gasteiger charge is -2.48. The smallest absolute Gasteiger partial charge is 0.264 e. The van der Waals surface area contributed by atoms with Gasteiger partial charge in [0.05, 0.1) is 17.7 Å². The van der Waals surface area contributed by atoms with Crippen LogP contribution in [0.5, 0.6) is 5.75 Å². The number of amides is 1. The molecule has 0 radical (unpaired) electrons. The molecule has 1 aliphatic carbocycles. The van der Waals surface area contributed by atoms with Gasteiger partial charge in [0, 0.05) is 24.7 Å². The molecule has 2 fully saturated rings. The molecule has 2 aromatic carbocycles. The first-order valence-electron chi connectivity index (χ1n) is 12.6. The summed E-state index contributed by atoms with van der Waals surface area (Å²) in [7, 11) is -0.798. The van der Waals surface area contributed by atoms with E-state index in [-0.39, 0.29) is 16.3 Å². The van der Waals surface area contributed by atoms with E-state index in [1.807, 2.05) is 0 Å². The van der Waals surface area contributed by atoms with Crippen LogP contribution in [0.3, 0.4) is 0 Å². The Morgan fingerprint density at radius 1 is 0.971 bits per heavy atom. The molecule has 8 heteroatoms. The number of ether oxygens (including phenoxy) is 1. The number of nitrogens with zero attached hydrogens (tertiary/aromatic N) is 2. The first kappa shape index (κ1) is 25.5. The van der Waals surface area contributed by atoms with Gasteiger partial charge in [-0.3, -0.25) is 14.0 Å². The Balaban J connectivity index is 1.45. The van der Waals surface area contributed by atoms with Crippen molar-refractivity contribution >= 4 is 21.6 Å². The number of benzene rings is 2. The molecule has 2 aromatic rings.